The number of aryl methyl sites for hydroxylation is 1. The van der Waals surface area contributed by atoms with Gasteiger partial charge in [0.05, 0.1) is 29.8 Å². The van der Waals surface area contributed by atoms with Crippen LogP contribution in [0.1, 0.15) is 22.9 Å². The molecule has 4 rings (SSSR count). The first-order chi connectivity index (χ1) is 13.2. The van der Waals surface area contributed by atoms with Crippen LogP contribution >= 0.6 is 0 Å². The Morgan fingerprint density at radius 2 is 1.63 bits per heavy atom. The van der Waals surface area contributed by atoms with Gasteiger partial charge in [0.1, 0.15) is 0 Å². The van der Waals surface area contributed by atoms with Crippen molar-refractivity contribution >= 4 is 17.4 Å². The smallest absolute Gasteiger partial charge is 0.320 e. The lowest BCUT2D eigenvalue weighted by Gasteiger charge is -2.20. The minimum Gasteiger partial charge on any atom is -0.327 e. The minimum absolute atomic E-state index is 0.254. The fourth-order valence-corrected chi connectivity index (χ4v) is 3.01. The minimum atomic E-state index is -0.308. The van der Waals surface area contributed by atoms with Gasteiger partial charge in [0.15, 0.2) is 5.65 Å². The third-order valence-electron chi connectivity index (χ3n) is 4.23. The Labute approximate surface area is 156 Å². The number of hydrogen-bond donors (Lipinski definition) is 2. The summed E-state index contributed by atoms with van der Waals surface area (Å²) < 4.78 is 1.65. The van der Waals surface area contributed by atoms with Crippen molar-refractivity contribution in [2.75, 3.05) is 5.32 Å². The quantitative estimate of drug-likeness (QED) is 0.581. The second-order valence-corrected chi connectivity index (χ2v) is 6.28. The van der Waals surface area contributed by atoms with E-state index in [0.29, 0.717) is 5.69 Å². The largest absolute Gasteiger partial charge is 0.327 e. The van der Waals surface area contributed by atoms with Crippen molar-refractivity contribution in [1.82, 2.24) is 19.9 Å². The van der Waals surface area contributed by atoms with Gasteiger partial charge >= 0.3 is 6.03 Å². The lowest BCUT2D eigenvalue weighted by Crippen LogP contribution is -2.33. The number of rotatable bonds is 4. The topological polar surface area (TPSA) is 71.3 Å². The van der Waals surface area contributed by atoms with Crippen molar-refractivity contribution in [1.29, 1.82) is 0 Å². The van der Waals surface area contributed by atoms with E-state index in [9.17, 15) is 4.79 Å². The van der Waals surface area contributed by atoms with Crippen LogP contribution in [0, 0.1) is 6.92 Å². The van der Waals surface area contributed by atoms with Gasteiger partial charge in [0.2, 0.25) is 0 Å². The summed E-state index contributed by atoms with van der Waals surface area (Å²) in [6, 6.07) is 21.1. The summed E-state index contributed by atoms with van der Waals surface area (Å²) in [5, 5.41) is 10.2. The third-order valence-corrected chi connectivity index (χ3v) is 4.23. The summed E-state index contributed by atoms with van der Waals surface area (Å²) in [5.74, 6) is 0. The maximum Gasteiger partial charge on any atom is 0.320 e. The second-order valence-electron chi connectivity index (χ2n) is 6.28. The number of carbonyl (C=O) groups excluding carboxylic acids is 1. The predicted octanol–water partition coefficient (Wildman–Crippen LogP) is 3.95. The van der Waals surface area contributed by atoms with Crippen molar-refractivity contribution in [2.45, 2.75) is 13.0 Å². The molecule has 0 saturated heterocycles. The number of aromatic nitrogens is 3. The fourth-order valence-electron chi connectivity index (χ4n) is 3.01. The number of hydrogen-bond acceptors (Lipinski definition) is 3. The SMILES string of the molecule is Cc1cc2ncc(NC(=O)NC(c3ccccc3)c3ccccc3)cn2n1. The average Bonchev–Trinajstić information content (AvgIpc) is 3.07. The highest BCUT2D eigenvalue weighted by molar-refractivity contribution is 5.89. The normalized spacial score (nSPS) is 10.9. The zero-order valence-corrected chi connectivity index (χ0v) is 14.8. The first kappa shape index (κ1) is 16.8. The molecule has 4 aromatic rings. The van der Waals surface area contributed by atoms with E-state index in [4.69, 9.17) is 0 Å². The van der Waals surface area contributed by atoms with Crippen LogP contribution in [0.4, 0.5) is 10.5 Å². The number of fused-ring (bicyclic) bond motifs is 1. The number of nitrogens with zero attached hydrogens (tertiary/aromatic N) is 3. The molecule has 0 fully saturated rings. The van der Waals surface area contributed by atoms with E-state index < -0.39 is 0 Å². The monoisotopic (exact) mass is 357 g/mol. The maximum absolute atomic E-state index is 12.6. The van der Waals surface area contributed by atoms with E-state index in [1.165, 1.54) is 0 Å². The molecule has 0 unspecified atom stereocenters. The second kappa shape index (κ2) is 7.29. The van der Waals surface area contributed by atoms with Crippen LogP contribution in [-0.2, 0) is 0 Å². The number of benzene rings is 2. The van der Waals surface area contributed by atoms with Crippen LogP contribution in [-0.4, -0.2) is 20.6 Å². The molecule has 2 aromatic carbocycles. The first-order valence-corrected chi connectivity index (χ1v) is 8.68. The highest BCUT2D eigenvalue weighted by atomic mass is 16.2. The molecular formula is C21H19N5O. The van der Waals surface area contributed by atoms with Gasteiger partial charge in [-0.15, -0.1) is 0 Å². The highest BCUT2D eigenvalue weighted by Crippen LogP contribution is 2.22. The van der Waals surface area contributed by atoms with E-state index in [1.54, 1.807) is 16.9 Å². The fraction of sp³-hybridized carbons (Fsp3) is 0.0952. The first-order valence-electron chi connectivity index (χ1n) is 8.68. The Bertz CT molecular complexity index is 1020. The van der Waals surface area contributed by atoms with E-state index in [-0.39, 0.29) is 12.1 Å². The van der Waals surface area contributed by atoms with Gasteiger partial charge in [-0.1, -0.05) is 60.7 Å². The van der Waals surface area contributed by atoms with E-state index in [0.717, 1.165) is 22.5 Å². The Morgan fingerprint density at radius 3 is 2.26 bits per heavy atom. The van der Waals surface area contributed by atoms with Crippen molar-refractivity contribution in [3.8, 4) is 0 Å². The van der Waals surface area contributed by atoms with Crippen LogP contribution in [0.5, 0.6) is 0 Å². The zero-order valence-electron chi connectivity index (χ0n) is 14.8. The molecule has 2 amide bonds. The van der Waals surface area contributed by atoms with E-state index >= 15 is 0 Å². The lowest BCUT2D eigenvalue weighted by molar-refractivity contribution is 0.250. The molecule has 2 aromatic heterocycles. The number of nitrogens with one attached hydrogen (secondary N) is 2. The van der Waals surface area contributed by atoms with E-state index in [1.807, 2.05) is 73.7 Å². The molecule has 0 aliphatic heterocycles. The molecule has 27 heavy (non-hydrogen) atoms. The average molecular weight is 357 g/mol. The Balaban J connectivity index is 1.56. The summed E-state index contributed by atoms with van der Waals surface area (Å²) >= 11 is 0. The van der Waals surface area contributed by atoms with Crippen molar-refractivity contribution in [3.05, 3.63) is 95.9 Å². The van der Waals surface area contributed by atoms with Gasteiger partial charge in [-0.25, -0.2) is 14.3 Å². The summed E-state index contributed by atoms with van der Waals surface area (Å²) in [6.07, 6.45) is 3.37. The van der Waals surface area contributed by atoms with Crippen LogP contribution < -0.4 is 10.6 Å². The number of carbonyl (C=O) groups is 1. The van der Waals surface area contributed by atoms with Gasteiger partial charge in [-0.3, -0.25) is 0 Å². The van der Waals surface area contributed by atoms with Crippen molar-refractivity contribution < 1.29 is 4.79 Å². The molecule has 134 valence electrons. The molecule has 0 radical (unpaired) electrons. The molecule has 2 N–H and O–H groups in total. The lowest BCUT2D eigenvalue weighted by atomic mass is 9.99. The molecule has 0 atom stereocenters. The zero-order chi connectivity index (χ0) is 18.6. The Morgan fingerprint density at radius 1 is 1.00 bits per heavy atom. The number of anilines is 1. The van der Waals surface area contributed by atoms with Gasteiger partial charge in [0.25, 0.3) is 0 Å². The van der Waals surface area contributed by atoms with Gasteiger partial charge < -0.3 is 10.6 Å². The van der Waals surface area contributed by atoms with Gasteiger partial charge in [-0.05, 0) is 18.1 Å². The molecule has 6 heteroatoms. The number of amides is 2. The Hall–Kier alpha value is -3.67. The van der Waals surface area contributed by atoms with Crippen LogP contribution in [0.3, 0.4) is 0 Å². The van der Waals surface area contributed by atoms with Crippen LogP contribution in [0.25, 0.3) is 5.65 Å². The summed E-state index contributed by atoms with van der Waals surface area (Å²) in [5.41, 5.74) is 4.20. The van der Waals surface area contributed by atoms with Crippen LogP contribution in [0.2, 0.25) is 0 Å². The molecule has 2 heterocycles. The third kappa shape index (κ3) is 3.79. The van der Waals surface area contributed by atoms with Crippen molar-refractivity contribution in [3.63, 3.8) is 0 Å². The standard InChI is InChI=1S/C21H19N5O/c1-15-12-19-22-13-18(14-26(19)25-15)23-21(27)24-20(16-8-4-2-5-9-16)17-10-6-3-7-11-17/h2-14,20H,1H3,(H2,23,24,27). The molecule has 0 bridgehead atoms. The van der Waals surface area contributed by atoms with Crippen molar-refractivity contribution in [2.24, 2.45) is 0 Å². The van der Waals surface area contributed by atoms with Crippen LogP contribution in [0.15, 0.2) is 79.1 Å². The summed E-state index contributed by atoms with van der Waals surface area (Å²) in [7, 11) is 0. The molecule has 0 aliphatic rings. The molecule has 0 spiro atoms. The summed E-state index contributed by atoms with van der Waals surface area (Å²) in [6.45, 7) is 1.90. The van der Waals surface area contributed by atoms with E-state index in [2.05, 4.69) is 20.7 Å². The molecule has 0 aliphatic carbocycles. The molecule has 0 saturated carbocycles. The predicted molar refractivity (Wildman–Crippen MR) is 105 cm³/mol. The van der Waals surface area contributed by atoms with Gasteiger partial charge in [0, 0.05) is 6.07 Å². The Kier molecular flexibility index (Phi) is 4.53. The van der Waals surface area contributed by atoms with Gasteiger partial charge in [-0.2, -0.15) is 5.10 Å². The molecular weight excluding hydrogens is 338 g/mol. The maximum atomic E-state index is 12.6. The number of urea groups is 1. The molecule has 6 nitrogen and oxygen atoms in total. The highest BCUT2D eigenvalue weighted by Gasteiger charge is 2.16. The summed E-state index contributed by atoms with van der Waals surface area (Å²) in [4.78, 5) is 16.9.